The lowest BCUT2D eigenvalue weighted by Gasteiger charge is -2.24. The molecule has 0 spiro atoms. The standard InChI is InChI=1S/C17H20ClFN2/c1-12(20)9-14-6-4-8-16(19)17(14)21(2)11-13-5-3-7-15(18)10-13/h3-8,10,12H,9,11,20H2,1-2H3. The lowest BCUT2D eigenvalue weighted by molar-refractivity contribution is 0.616. The number of halogens is 2. The molecule has 0 aliphatic heterocycles. The number of nitrogens with two attached hydrogens (primary N) is 1. The fraction of sp³-hybridized carbons (Fsp3) is 0.294. The van der Waals surface area contributed by atoms with Crippen molar-refractivity contribution in [2.75, 3.05) is 11.9 Å². The van der Waals surface area contributed by atoms with E-state index in [0.717, 1.165) is 11.1 Å². The van der Waals surface area contributed by atoms with Crippen LogP contribution in [0.5, 0.6) is 0 Å². The zero-order chi connectivity index (χ0) is 15.4. The van der Waals surface area contributed by atoms with E-state index in [-0.39, 0.29) is 11.9 Å². The highest BCUT2D eigenvalue weighted by Crippen LogP contribution is 2.26. The summed E-state index contributed by atoms with van der Waals surface area (Å²) in [5.74, 6) is -0.224. The average Bonchev–Trinajstić information content (AvgIpc) is 2.37. The second kappa shape index (κ2) is 6.92. The fourth-order valence-electron chi connectivity index (χ4n) is 2.49. The normalized spacial score (nSPS) is 12.2. The van der Waals surface area contributed by atoms with Crippen LogP contribution in [0.3, 0.4) is 0 Å². The Kier molecular flexibility index (Phi) is 5.21. The molecule has 0 amide bonds. The Bertz CT molecular complexity index is 613. The maximum atomic E-state index is 14.2. The minimum Gasteiger partial charge on any atom is -0.368 e. The smallest absolute Gasteiger partial charge is 0.146 e. The van der Waals surface area contributed by atoms with Crippen LogP contribution in [0.25, 0.3) is 0 Å². The number of para-hydroxylation sites is 1. The van der Waals surface area contributed by atoms with Gasteiger partial charge < -0.3 is 10.6 Å². The monoisotopic (exact) mass is 306 g/mol. The topological polar surface area (TPSA) is 29.3 Å². The lowest BCUT2D eigenvalue weighted by Crippen LogP contribution is -2.23. The van der Waals surface area contributed by atoms with Gasteiger partial charge in [-0.25, -0.2) is 4.39 Å². The molecule has 0 aromatic heterocycles. The second-order valence-corrected chi connectivity index (χ2v) is 5.85. The number of nitrogens with zero attached hydrogens (tertiary/aromatic N) is 1. The molecule has 4 heteroatoms. The van der Waals surface area contributed by atoms with Gasteiger partial charge in [-0.2, -0.15) is 0 Å². The Hall–Kier alpha value is -1.58. The van der Waals surface area contributed by atoms with E-state index in [0.29, 0.717) is 23.7 Å². The van der Waals surface area contributed by atoms with Gasteiger partial charge >= 0.3 is 0 Å². The molecule has 2 N–H and O–H groups in total. The maximum absolute atomic E-state index is 14.2. The van der Waals surface area contributed by atoms with Gasteiger partial charge in [0.1, 0.15) is 5.82 Å². The maximum Gasteiger partial charge on any atom is 0.146 e. The summed E-state index contributed by atoms with van der Waals surface area (Å²) in [5, 5.41) is 0.685. The molecule has 0 heterocycles. The highest BCUT2D eigenvalue weighted by molar-refractivity contribution is 6.30. The van der Waals surface area contributed by atoms with Crippen molar-refractivity contribution in [1.82, 2.24) is 0 Å². The predicted molar refractivity (Wildman–Crippen MR) is 87.3 cm³/mol. The van der Waals surface area contributed by atoms with Crippen LogP contribution < -0.4 is 10.6 Å². The molecule has 0 radical (unpaired) electrons. The van der Waals surface area contributed by atoms with Crippen molar-refractivity contribution in [3.63, 3.8) is 0 Å². The molecule has 0 bridgehead atoms. The first-order valence-corrected chi connectivity index (χ1v) is 7.33. The van der Waals surface area contributed by atoms with Gasteiger partial charge in [0.25, 0.3) is 0 Å². The van der Waals surface area contributed by atoms with E-state index in [1.807, 2.05) is 49.2 Å². The van der Waals surface area contributed by atoms with E-state index in [1.54, 1.807) is 6.07 Å². The zero-order valence-corrected chi connectivity index (χ0v) is 13.1. The van der Waals surface area contributed by atoms with E-state index in [1.165, 1.54) is 6.07 Å². The van der Waals surface area contributed by atoms with Gasteiger partial charge in [-0.3, -0.25) is 0 Å². The minimum atomic E-state index is -0.224. The van der Waals surface area contributed by atoms with Crippen LogP contribution in [0.1, 0.15) is 18.1 Å². The third-order valence-electron chi connectivity index (χ3n) is 3.30. The van der Waals surface area contributed by atoms with Crippen LogP contribution in [0.15, 0.2) is 42.5 Å². The van der Waals surface area contributed by atoms with E-state index in [2.05, 4.69) is 0 Å². The van der Waals surface area contributed by atoms with Crippen molar-refractivity contribution >= 4 is 17.3 Å². The molecule has 2 nitrogen and oxygen atoms in total. The molecule has 1 unspecified atom stereocenters. The summed E-state index contributed by atoms with van der Waals surface area (Å²) in [7, 11) is 1.88. The molecule has 2 aromatic carbocycles. The van der Waals surface area contributed by atoms with Crippen molar-refractivity contribution in [2.45, 2.75) is 25.9 Å². The highest BCUT2D eigenvalue weighted by atomic mass is 35.5. The van der Waals surface area contributed by atoms with Crippen LogP contribution in [0.2, 0.25) is 5.02 Å². The summed E-state index contributed by atoms with van der Waals surface area (Å²) in [6.45, 7) is 2.51. The number of anilines is 1. The molecule has 2 aromatic rings. The molecular formula is C17H20ClFN2. The molecule has 112 valence electrons. The first-order chi connectivity index (χ1) is 9.97. The second-order valence-electron chi connectivity index (χ2n) is 5.41. The quantitative estimate of drug-likeness (QED) is 0.904. The zero-order valence-electron chi connectivity index (χ0n) is 12.3. The first kappa shape index (κ1) is 15.8. The highest BCUT2D eigenvalue weighted by Gasteiger charge is 2.14. The summed E-state index contributed by atoms with van der Waals surface area (Å²) in [4.78, 5) is 1.90. The number of hydrogen-bond donors (Lipinski definition) is 1. The van der Waals surface area contributed by atoms with Gasteiger partial charge in [-0.1, -0.05) is 35.9 Å². The molecule has 0 fully saturated rings. The Morgan fingerprint density at radius 3 is 2.62 bits per heavy atom. The van der Waals surface area contributed by atoms with E-state index in [9.17, 15) is 4.39 Å². The number of benzene rings is 2. The lowest BCUT2D eigenvalue weighted by atomic mass is 10.0. The van der Waals surface area contributed by atoms with Crippen molar-refractivity contribution in [3.8, 4) is 0 Å². The first-order valence-electron chi connectivity index (χ1n) is 6.96. The van der Waals surface area contributed by atoms with Crippen molar-refractivity contribution in [2.24, 2.45) is 5.73 Å². The molecule has 2 rings (SSSR count). The van der Waals surface area contributed by atoms with E-state index >= 15 is 0 Å². The van der Waals surface area contributed by atoms with E-state index < -0.39 is 0 Å². The van der Waals surface area contributed by atoms with Gasteiger partial charge in [0.2, 0.25) is 0 Å². The summed E-state index contributed by atoms with van der Waals surface area (Å²) < 4.78 is 14.2. The molecule has 0 saturated heterocycles. The predicted octanol–water partition coefficient (Wildman–Crippen LogP) is 4.01. The van der Waals surface area contributed by atoms with Gasteiger partial charge in [0.05, 0.1) is 5.69 Å². The van der Waals surface area contributed by atoms with Crippen LogP contribution >= 0.6 is 11.6 Å². The SMILES string of the molecule is CC(N)Cc1cccc(F)c1N(C)Cc1cccc(Cl)c1. The van der Waals surface area contributed by atoms with Crippen LogP contribution in [-0.2, 0) is 13.0 Å². The molecule has 0 aliphatic rings. The molecular weight excluding hydrogens is 287 g/mol. The van der Waals surface area contributed by atoms with E-state index in [4.69, 9.17) is 17.3 Å². The summed E-state index contributed by atoms with van der Waals surface area (Å²) in [5.41, 5.74) is 8.43. The molecule has 1 atom stereocenters. The number of rotatable bonds is 5. The van der Waals surface area contributed by atoms with Crippen LogP contribution in [0, 0.1) is 5.82 Å². The van der Waals surface area contributed by atoms with Crippen molar-refractivity contribution in [3.05, 3.63) is 64.4 Å². The van der Waals surface area contributed by atoms with Gasteiger partial charge in [-0.15, -0.1) is 0 Å². The molecule has 0 aliphatic carbocycles. The van der Waals surface area contributed by atoms with Gasteiger partial charge in [-0.05, 0) is 42.7 Å². The third-order valence-corrected chi connectivity index (χ3v) is 3.54. The van der Waals surface area contributed by atoms with Crippen molar-refractivity contribution in [1.29, 1.82) is 0 Å². The minimum absolute atomic E-state index is 0.00915. The average molecular weight is 307 g/mol. The Labute approximate surface area is 130 Å². The van der Waals surface area contributed by atoms with Gasteiger partial charge in [0, 0.05) is 24.7 Å². The molecule has 0 saturated carbocycles. The fourth-order valence-corrected chi connectivity index (χ4v) is 2.70. The third kappa shape index (κ3) is 4.19. The summed E-state index contributed by atoms with van der Waals surface area (Å²) in [6, 6.07) is 12.7. The van der Waals surface area contributed by atoms with Crippen molar-refractivity contribution < 1.29 is 4.39 Å². The largest absolute Gasteiger partial charge is 0.368 e. The van der Waals surface area contributed by atoms with Crippen LogP contribution in [0.4, 0.5) is 10.1 Å². The van der Waals surface area contributed by atoms with Crippen LogP contribution in [-0.4, -0.2) is 13.1 Å². The Morgan fingerprint density at radius 2 is 1.95 bits per heavy atom. The molecule has 21 heavy (non-hydrogen) atoms. The summed E-state index contributed by atoms with van der Waals surface area (Å²) >= 11 is 6.00. The number of hydrogen-bond acceptors (Lipinski definition) is 2. The van der Waals surface area contributed by atoms with Gasteiger partial charge in [0.15, 0.2) is 0 Å². The Morgan fingerprint density at radius 1 is 1.24 bits per heavy atom. The Balaban J connectivity index is 2.27. The summed E-state index contributed by atoms with van der Waals surface area (Å²) in [6.07, 6.45) is 0.646.